The summed E-state index contributed by atoms with van der Waals surface area (Å²) >= 11 is 0. The highest BCUT2D eigenvalue weighted by Gasteiger charge is 2.22. The third-order valence-corrected chi connectivity index (χ3v) is 5.94. The van der Waals surface area contributed by atoms with Gasteiger partial charge in [-0.1, -0.05) is 48.6 Å². The fraction of sp³-hybridized carbons (Fsp3) is 0.129. The van der Waals surface area contributed by atoms with Gasteiger partial charge in [0.25, 0.3) is 5.91 Å². The molecule has 0 heterocycles. The Labute approximate surface area is 216 Å². The average molecular weight is 498 g/mol. The maximum atomic E-state index is 14.0. The first-order valence-corrected chi connectivity index (χ1v) is 11.7. The third-order valence-electron chi connectivity index (χ3n) is 5.94. The molecule has 0 unspecified atom stereocenters. The molecule has 0 fully saturated rings. The minimum atomic E-state index is -0.469. The largest absolute Gasteiger partial charge is 0.497 e. The average Bonchev–Trinajstić information content (AvgIpc) is 2.95. The molecular formula is C31H28FNO4. The fourth-order valence-electron chi connectivity index (χ4n) is 3.98. The van der Waals surface area contributed by atoms with Crippen molar-refractivity contribution in [3.63, 3.8) is 0 Å². The van der Waals surface area contributed by atoms with E-state index >= 15 is 0 Å². The zero-order chi connectivity index (χ0) is 26.2. The quantitative estimate of drug-likeness (QED) is 0.237. The fourth-order valence-corrected chi connectivity index (χ4v) is 3.98. The minimum Gasteiger partial charge on any atom is -0.497 e. The topological polar surface area (TPSA) is 48.0 Å². The van der Waals surface area contributed by atoms with E-state index in [2.05, 4.69) is 0 Å². The van der Waals surface area contributed by atoms with Crippen LogP contribution < -0.4 is 19.1 Å². The van der Waals surface area contributed by atoms with Crippen LogP contribution in [0, 0.1) is 5.82 Å². The van der Waals surface area contributed by atoms with Crippen LogP contribution in [-0.2, 0) is 6.54 Å². The van der Waals surface area contributed by atoms with E-state index in [1.165, 1.54) is 18.2 Å². The van der Waals surface area contributed by atoms with Crippen LogP contribution in [0.3, 0.4) is 0 Å². The van der Waals surface area contributed by atoms with Gasteiger partial charge in [0, 0.05) is 22.9 Å². The van der Waals surface area contributed by atoms with Crippen molar-refractivity contribution in [1.82, 2.24) is 0 Å². The Morgan fingerprint density at radius 3 is 2.16 bits per heavy atom. The van der Waals surface area contributed by atoms with Gasteiger partial charge in [-0.3, -0.25) is 4.79 Å². The van der Waals surface area contributed by atoms with Crippen LogP contribution in [0.5, 0.6) is 17.2 Å². The van der Waals surface area contributed by atoms with Gasteiger partial charge >= 0.3 is 0 Å². The van der Waals surface area contributed by atoms with E-state index < -0.39 is 5.82 Å². The molecule has 0 aliphatic carbocycles. The Hall–Kier alpha value is -4.58. The number of amides is 1. The van der Waals surface area contributed by atoms with Crippen molar-refractivity contribution < 1.29 is 23.4 Å². The number of ether oxygens (including phenoxy) is 3. The molecule has 37 heavy (non-hydrogen) atoms. The summed E-state index contributed by atoms with van der Waals surface area (Å²) < 4.78 is 30.4. The van der Waals surface area contributed by atoms with Gasteiger partial charge in [0.15, 0.2) is 0 Å². The van der Waals surface area contributed by atoms with E-state index in [1.54, 1.807) is 38.4 Å². The summed E-state index contributed by atoms with van der Waals surface area (Å²) in [5, 5.41) is 0. The van der Waals surface area contributed by atoms with Gasteiger partial charge in [0.1, 0.15) is 23.1 Å². The van der Waals surface area contributed by atoms with Crippen molar-refractivity contribution in [2.75, 3.05) is 26.2 Å². The van der Waals surface area contributed by atoms with Gasteiger partial charge in [-0.25, -0.2) is 4.39 Å². The summed E-state index contributed by atoms with van der Waals surface area (Å²) in [6.07, 6.45) is 3.93. The number of nitrogens with zero attached hydrogens (tertiary/aromatic N) is 1. The van der Waals surface area contributed by atoms with Crippen molar-refractivity contribution in [1.29, 1.82) is 0 Å². The highest BCUT2D eigenvalue weighted by molar-refractivity contribution is 6.06. The van der Waals surface area contributed by atoms with Crippen LogP contribution in [0.15, 0.2) is 91.0 Å². The van der Waals surface area contributed by atoms with Gasteiger partial charge in [0.2, 0.25) is 0 Å². The molecule has 4 aromatic rings. The lowest BCUT2D eigenvalue weighted by Crippen LogP contribution is -2.31. The van der Waals surface area contributed by atoms with Crippen LogP contribution in [0.1, 0.15) is 27.0 Å². The molecule has 0 N–H and O–H groups in total. The second kappa shape index (κ2) is 11.9. The molecule has 1 amide bonds. The van der Waals surface area contributed by atoms with Gasteiger partial charge in [-0.15, -0.1) is 0 Å². The number of hydrogen-bond acceptors (Lipinski definition) is 4. The summed E-state index contributed by atoms with van der Waals surface area (Å²) in [5.41, 5.74) is 3.51. The number of carbonyl (C=O) groups is 1. The van der Waals surface area contributed by atoms with Gasteiger partial charge < -0.3 is 19.1 Å². The van der Waals surface area contributed by atoms with Crippen molar-refractivity contribution in [2.24, 2.45) is 0 Å². The van der Waals surface area contributed by atoms with Crippen LogP contribution >= 0.6 is 0 Å². The van der Waals surface area contributed by atoms with Gasteiger partial charge in [0.05, 0.1) is 27.9 Å². The lowest BCUT2D eigenvalue weighted by molar-refractivity contribution is 0.0984. The summed E-state index contributed by atoms with van der Waals surface area (Å²) in [7, 11) is 4.80. The molecule has 0 bridgehead atoms. The van der Waals surface area contributed by atoms with Crippen LogP contribution in [0.2, 0.25) is 0 Å². The van der Waals surface area contributed by atoms with E-state index in [4.69, 9.17) is 14.2 Å². The maximum Gasteiger partial charge on any atom is 0.258 e. The molecule has 6 heteroatoms. The Kier molecular flexibility index (Phi) is 8.21. The molecule has 0 aliphatic heterocycles. The lowest BCUT2D eigenvalue weighted by Gasteiger charge is -2.25. The number of benzene rings is 4. The predicted octanol–water partition coefficient (Wildman–Crippen LogP) is 6.87. The van der Waals surface area contributed by atoms with E-state index in [-0.39, 0.29) is 18.0 Å². The van der Waals surface area contributed by atoms with E-state index in [9.17, 15) is 9.18 Å². The number of anilines is 1. The molecule has 5 nitrogen and oxygen atoms in total. The first-order chi connectivity index (χ1) is 18.0. The summed E-state index contributed by atoms with van der Waals surface area (Å²) in [4.78, 5) is 15.3. The van der Waals surface area contributed by atoms with E-state index in [1.807, 2.05) is 72.8 Å². The maximum absolute atomic E-state index is 14.0. The normalized spacial score (nSPS) is 10.8. The molecule has 0 aromatic heterocycles. The molecular weight excluding hydrogens is 469 g/mol. The number of carbonyl (C=O) groups excluding carboxylic acids is 1. The zero-order valence-corrected chi connectivity index (χ0v) is 21.0. The van der Waals surface area contributed by atoms with Crippen LogP contribution in [-0.4, -0.2) is 27.2 Å². The summed E-state index contributed by atoms with van der Waals surface area (Å²) in [6, 6.07) is 26.4. The van der Waals surface area contributed by atoms with Crippen molar-refractivity contribution in [3.8, 4) is 17.2 Å². The molecule has 0 saturated carbocycles. The number of halogens is 1. The van der Waals surface area contributed by atoms with E-state index in [0.29, 0.717) is 17.2 Å². The van der Waals surface area contributed by atoms with Crippen molar-refractivity contribution >= 4 is 23.7 Å². The second-order valence-electron chi connectivity index (χ2n) is 8.24. The lowest BCUT2D eigenvalue weighted by atomic mass is 10.0. The Morgan fingerprint density at radius 2 is 1.51 bits per heavy atom. The first-order valence-electron chi connectivity index (χ1n) is 11.7. The molecule has 0 spiro atoms. The smallest absolute Gasteiger partial charge is 0.258 e. The summed E-state index contributed by atoms with van der Waals surface area (Å²) in [6.45, 7) is 0.189. The van der Waals surface area contributed by atoms with Crippen LogP contribution in [0.25, 0.3) is 12.2 Å². The highest BCUT2D eigenvalue weighted by atomic mass is 19.1. The number of hydrogen-bond donors (Lipinski definition) is 0. The number of para-hydroxylation sites is 1. The monoisotopic (exact) mass is 497 g/mol. The SMILES string of the molecule is COc1ccc(C=Cc2cc(OC)cc(OC)c2CN(C(=O)c2cccc(F)c2)c2ccccc2)cc1. The minimum absolute atomic E-state index is 0.189. The second-order valence-corrected chi connectivity index (χ2v) is 8.24. The molecule has 4 aromatic carbocycles. The summed E-state index contributed by atoms with van der Waals surface area (Å²) in [5.74, 6) is 1.17. The third kappa shape index (κ3) is 6.16. The number of methoxy groups -OCH3 is 3. The Bertz CT molecular complexity index is 1380. The highest BCUT2D eigenvalue weighted by Crippen LogP contribution is 2.33. The Morgan fingerprint density at radius 1 is 0.784 bits per heavy atom. The van der Waals surface area contributed by atoms with E-state index in [0.717, 1.165) is 22.4 Å². The number of rotatable bonds is 9. The standard InChI is InChI=1S/C31H28FNO4/c1-35-27-16-13-22(14-17-27)12-15-23-19-28(36-2)20-30(37-3)29(23)21-33(26-10-5-4-6-11-26)31(34)24-8-7-9-25(32)18-24/h4-20H,21H2,1-3H3. The van der Waals surface area contributed by atoms with Crippen molar-refractivity contribution in [2.45, 2.75) is 6.54 Å². The molecule has 4 rings (SSSR count). The molecule has 188 valence electrons. The van der Waals surface area contributed by atoms with Crippen molar-refractivity contribution in [3.05, 3.63) is 119 Å². The Balaban J connectivity index is 1.78. The van der Waals surface area contributed by atoms with Gasteiger partial charge in [-0.2, -0.15) is 0 Å². The zero-order valence-electron chi connectivity index (χ0n) is 21.0. The molecule has 0 atom stereocenters. The first kappa shape index (κ1) is 25.5. The molecule has 0 radical (unpaired) electrons. The molecule has 0 saturated heterocycles. The predicted molar refractivity (Wildman–Crippen MR) is 145 cm³/mol. The van der Waals surface area contributed by atoms with Crippen LogP contribution in [0.4, 0.5) is 10.1 Å². The van der Waals surface area contributed by atoms with Gasteiger partial charge in [-0.05, 0) is 59.7 Å². The molecule has 0 aliphatic rings.